The van der Waals surface area contributed by atoms with E-state index in [-0.39, 0.29) is 0 Å². The molecule has 0 unspecified atom stereocenters. The van der Waals surface area contributed by atoms with Crippen LogP contribution in [0.25, 0.3) is 0 Å². The van der Waals surface area contributed by atoms with Crippen LogP contribution in [0, 0.1) is 5.92 Å². The van der Waals surface area contributed by atoms with Gasteiger partial charge in [0.25, 0.3) is 0 Å². The summed E-state index contributed by atoms with van der Waals surface area (Å²) in [4.78, 5) is 6.24. The number of rotatable bonds is 3. The molecule has 0 spiro atoms. The molecule has 0 aromatic carbocycles. The van der Waals surface area contributed by atoms with Gasteiger partial charge in [-0.3, -0.25) is 9.67 Å². The third kappa shape index (κ3) is 2.31. The number of pyridine rings is 1. The van der Waals surface area contributed by atoms with Crippen LogP contribution in [0.1, 0.15) is 0 Å². The van der Waals surface area contributed by atoms with Gasteiger partial charge in [-0.15, -0.1) is 0 Å². The zero-order chi connectivity index (χ0) is 12.5. The van der Waals surface area contributed by atoms with Crippen LogP contribution < -0.4 is 4.90 Å². The van der Waals surface area contributed by atoms with Gasteiger partial charge in [0.2, 0.25) is 0 Å². The molecule has 0 bridgehead atoms. The van der Waals surface area contributed by atoms with Crippen LogP contribution in [0.15, 0.2) is 30.9 Å². The molecule has 4 nitrogen and oxygen atoms in total. The Kier molecular flexibility index (Phi) is 3.14. The van der Waals surface area contributed by atoms with E-state index in [0.29, 0.717) is 16.0 Å². The van der Waals surface area contributed by atoms with E-state index in [4.69, 9.17) is 23.2 Å². The van der Waals surface area contributed by atoms with Gasteiger partial charge in [0.05, 0.1) is 21.9 Å². The molecule has 3 heterocycles. The van der Waals surface area contributed by atoms with Gasteiger partial charge >= 0.3 is 0 Å². The van der Waals surface area contributed by atoms with E-state index in [1.54, 1.807) is 18.6 Å². The molecule has 0 saturated carbocycles. The van der Waals surface area contributed by atoms with Crippen molar-refractivity contribution in [3.05, 3.63) is 40.9 Å². The highest BCUT2D eigenvalue weighted by atomic mass is 35.5. The summed E-state index contributed by atoms with van der Waals surface area (Å²) in [6.07, 6.45) is 6.96. The molecule has 1 fully saturated rings. The van der Waals surface area contributed by atoms with E-state index in [9.17, 15) is 0 Å². The van der Waals surface area contributed by atoms with Crippen molar-refractivity contribution in [3.8, 4) is 0 Å². The van der Waals surface area contributed by atoms with E-state index in [1.165, 1.54) is 0 Å². The molecule has 0 N–H and O–H groups in total. The SMILES string of the molecule is Clc1cnn(CC2CN(c3ccncc3Cl)C2)c1. The third-order valence-electron chi connectivity index (χ3n) is 3.10. The summed E-state index contributed by atoms with van der Waals surface area (Å²) in [6, 6.07) is 1.95. The molecule has 1 aliphatic heterocycles. The number of aromatic nitrogens is 3. The van der Waals surface area contributed by atoms with Gasteiger partial charge in [0.15, 0.2) is 0 Å². The Bertz CT molecular complexity index is 549. The van der Waals surface area contributed by atoms with E-state index in [0.717, 1.165) is 25.3 Å². The lowest BCUT2D eigenvalue weighted by Crippen LogP contribution is -2.48. The molecule has 18 heavy (non-hydrogen) atoms. The fourth-order valence-corrected chi connectivity index (χ4v) is 2.60. The summed E-state index contributed by atoms with van der Waals surface area (Å²) in [7, 11) is 0. The second-order valence-corrected chi connectivity index (χ2v) is 5.32. The monoisotopic (exact) mass is 282 g/mol. The standard InChI is InChI=1S/C12H12Cl2N4/c13-10-3-16-18(8-10)7-9-5-17(6-9)12-1-2-15-4-11(12)14/h1-4,8-9H,5-7H2. The van der Waals surface area contributed by atoms with Crippen molar-refractivity contribution in [2.24, 2.45) is 5.92 Å². The molecular formula is C12H12Cl2N4. The minimum absolute atomic E-state index is 0.588. The van der Waals surface area contributed by atoms with Gasteiger partial charge in [-0.1, -0.05) is 23.2 Å². The number of hydrogen-bond acceptors (Lipinski definition) is 3. The van der Waals surface area contributed by atoms with E-state index < -0.39 is 0 Å². The molecule has 94 valence electrons. The largest absolute Gasteiger partial charge is 0.369 e. The maximum Gasteiger partial charge on any atom is 0.0822 e. The quantitative estimate of drug-likeness (QED) is 0.868. The van der Waals surface area contributed by atoms with Crippen molar-refractivity contribution >= 4 is 28.9 Å². The first-order chi connectivity index (χ1) is 8.72. The molecule has 1 saturated heterocycles. The maximum atomic E-state index is 6.10. The predicted molar refractivity (Wildman–Crippen MR) is 72.2 cm³/mol. The number of nitrogens with zero attached hydrogens (tertiary/aromatic N) is 4. The van der Waals surface area contributed by atoms with Gasteiger partial charge in [0.1, 0.15) is 0 Å². The highest BCUT2D eigenvalue weighted by Crippen LogP contribution is 2.30. The Morgan fingerprint density at radius 2 is 2.11 bits per heavy atom. The topological polar surface area (TPSA) is 34.0 Å². The minimum Gasteiger partial charge on any atom is -0.369 e. The van der Waals surface area contributed by atoms with Gasteiger partial charge in [-0.05, 0) is 6.07 Å². The maximum absolute atomic E-state index is 6.10. The predicted octanol–water partition coefficient (Wildman–Crippen LogP) is 2.72. The molecule has 0 aliphatic carbocycles. The number of halogens is 2. The Morgan fingerprint density at radius 1 is 1.28 bits per heavy atom. The Morgan fingerprint density at radius 3 is 2.78 bits per heavy atom. The summed E-state index contributed by atoms with van der Waals surface area (Å²) in [6.45, 7) is 2.87. The first-order valence-electron chi connectivity index (χ1n) is 5.75. The smallest absolute Gasteiger partial charge is 0.0822 e. The lowest BCUT2D eigenvalue weighted by molar-refractivity contribution is 0.342. The van der Waals surface area contributed by atoms with Gasteiger partial charge in [-0.25, -0.2) is 0 Å². The Hall–Kier alpha value is -1.26. The van der Waals surface area contributed by atoms with E-state index >= 15 is 0 Å². The van der Waals surface area contributed by atoms with Crippen LogP contribution in [0.4, 0.5) is 5.69 Å². The summed E-state index contributed by atoms with van der Waals surface area (Å²) >= 11 is 11.9. The van der Waals surface area contributed by atoms with Crippen LogP contribution >= 0.6 is 23.2 Å². The van der Waals surface area contributed by atoms with Gasteiger partial charge in [-0.2, -0.15) is 5.10 Å². The normalized spacial score (nSPS) is 15.8. The van der Waals surface area contributed by atoms with Crippen molar-refractivity contribution in [1.29, 1.82) is 0 Å². The molecule has 2 aromatic rings. The lowest BCUT2D eigenvalue weighted by Gasteiger charge is -2.41. The summed E-state index contributed by atoms with van der Waals surface area (Å²) in [5, 5.41) is 5.57. The van der Waals surface area contributed by atoms with Crippen LogP contribution in [0.3, 0.4) is 0 Å². The highest BCUT2D eigenvalue weighted by molar-refractivity contribution is 6.33. The summed E-state index contributed by atoms with van der Waals surface area (Å²) < 4.78 is 1.89. The van der Waals surface area contributed by atoms with Gasteiger partial charge < -0.3 is 4.90 Å². The first-order valence-corrected chi connectivity index (χ1v) is 6.50. The minimum atomic E-state index is 0.588. The third-order valence-corrected chi connectivity index (χ3v) is 3.58. The van der Waals surface area contributed by atoms with Crippen molar-refractivity contribution in [1.82, 2.24) is 14.8 Å². The first kappa shape index (κ1) is 11.8. The summed E-state index contributed by atoms with van der Waals surface area (Å²) in [5.41, 5.74) is 1.06. The lowest BCUT2D eigenvalue weighted by atomic mass is 9.99. The van der Waals surface area contributed by atoms with Crippen LogP contribution in [0.2, 0.25) is 10.0 Å². The van der Waals surface area contributed by atoms with E-state index in [1.807, 2.05) is 16.9 Å². The van der Waals surface area contributed by atoms with E-state index in [2.05, 4.69) is 15.0 Å². The van der Waals surface area contributed by atoms with Crippen molar-refractivity contribution < 1.29 is 0 Å². The Balaban J connectivity index is 1.59. The Labute approximate surface area is 115 Å². The zero-order valence-corrected chi connectivity index (χ0v) is 11.1. The van der Waals surface area contributed by atoms with Crippen LogP contribution in [-0.4, -0.2) is 27.9 Å². The second-order valence-electron chi connectivity index (χ2n) is 4.48. The summed E-state index contributed by atoms with van der Waals surface area (Å²) in [5.74, 6) is 0.588. The molecule has 3 rings (SSSR count). The number of hydrogen-bond donors (Lipinski definition) is 0. The van der Waals surface area contributed by atoms with Crippen LogP contribution in [0.5, 0.6) is 0 Å². The molecular weight excluding hydrogens is 271 g/mol. The average Bonchev–Trinajstić information content (AvgIpc) is 2.70. The molecule has 0 radical (unpaired) electrons. The molecule has 6 heteroatoms. The fourth-order valence-electron chi connectivity index (χ4n) is 2.21. The highest BCUT2D eigenvalue weighted by Gasteiger charge is 2.28. The second kappa shape index (κ2) is 4.78. The van der Waals surface area contributed by atoms with Crippen LogP contribution in [-0.2, 0) is 6.54 Å². The van der Waals surface area contributed by atoms with Crippen molar-refractivity contribution in [2.45, 2.75) is 6.54 Å². The zero-order valence-electron chi connectivity index (χ0n) is 9.63. The fraction of sp³-hybridized carbons (Fsp3) is 0.333. The van der Waals surface area contributed by atoms with Gasteiger partial charge in [0, 0.05) is 44.1 Å². The molecule has 1 aliphatic rings. The molecule has 0 atom stereocenters. The molecule has 2 aromatic heterocycles. The molecule has 0 amide bonds. The average molecular weight is 283 g/mol. The van der Waals surface area contributed by atoms with Crippen molar-refractivity contribution in [2.75, 3.05) is 18.0 Å². The number of anilines is 1. The van der Waals surface area contributed by atoms with Crippen molar-refractivity contribution in [3.63, 3.8) is 0 Å².